The lowest BCUT2D eigenvalue weighted by Gasteiger charge is -2.11. The highest BCUT2D eigenvalue weighted by Crippen LogP contribution is 2.22. The van der Waals surface area contributed by atoms with Crippen molar-refractivity contribution in [2.75, 3.05) is 6.54 Å². The van der Waals surface area contributed by atoms with E-state index in [1.165, 1.54) is 6.92 Å². The molecule has 0 spiro atoms. The van der Waals surface area contributed by atoms with E-state index < -0.39 is 4.92 Å². The molecule has 0 N–H and O–H groups in total. The first kappa shape index (κ1) is 12.6. The first-order valence-corrected chi connectivity index (χ1v) is 5.23. The fourth-order valence-corrected chi connectivity index (χ4v) is 1.68. The van der Waals surface area contributed by atoms with Crippen LogP contribution in [0.4, 0.5) is 0 Å². The first-order valence-electron chi connectivity index (χ1n) is 4.85. The third-order valence-corrected chi connectivity index (χ3v) is 2.50. The SMILES string of the molecule is CC(=O)C[C@@H](C[N+](=O)[O-])c1ccc(Cl)cc1. The van der Waals surface area contributed by atoms with Crippen LogP contribution in [0.25, 0.3) is 0 Å². The Labute approximate surface area is 98.4 Å². The minimum atomic E-state index is -0.401. The van der Waals surface area contributed by atoms with Crippen LogP contribution in [-0.4, -0.2) is 17.3 Å². The van der Waals surface area contributed by atoms with E-state index in [0.717, 1.165) is 5.56 Å². The topological polar surface area (TPSA) is 60.2 Å². The minimum Gasteiger partial charge on any atom is -0.300 e. The molecule has 0 fully saturated rings. The number of Topliss-reactive ketones (excluding diaryl/α,β-unsaturated/α-hetero) is 1. The van der Waals surface area contributed by atoms with Crippen LogP contribution >= 0.6 is 11.6 Å². The van der Waals surface area contributed by atoms with Crippen molar-refractivity contribution in [2.24, 2.45) is 0 Å². The second kappa shape index (κ2) is 5.61. The Morgan fingerprint density at radius 2 is 2.00 bits per heavy atom. The van der Waals surface area contributed by atoms with Crippen molar-refractivity contribution in [1.29, 1.82) is 0 Å². The number of halogens is 1. The molecule has 1 rings (SSSR count). The molecular weight excluding hydrogens is 230 g/mol. The zero-order valence-electron chi connectivity index (χ0n) is 8.85. The van der Waals surface area contributed by atoms with E-state index in [9.17, 15) is 14.9 Å². The average molecular weight is 242 g/mol. The van der Waals surface area contributed by atoms with Crippen LogP contribution in [0.15, 0.2) is 24.3 Å². The number of rotatable bonds is 5. The van der Waals surface area contributed by atoms with Crippen molar-refractivity contribution in [3.05, 3.63) is 45.0 Å². The van der Waals surface area contributed by atoms with Gasteiger partial charge in [-0.3, -0.25) is 10.1 Å². The van der Waals surface area contributed by atoms with Crippen molar-refractivity contribution < 1.29 is 9.72 Å². The predicted octanol–water partition coefficient (Wildman–Crippen LogP) is 2.68. The van der Waals surface area contributed by atoms with Crippen LogP contribution in [0.5, 0.6) is 0 Å². The standard InChI is InChI=1S/C11H12ClNO3/c1-8(14)6-10(7-13(15)16)9-2-4-11(12)5-3-9/h2-5,10H,6-7H2,1H3/t10-/m0/s1. The predicted molar refractivity (Wildman–Crippen MR) is 61.4 cm³/mol. The third kappa shape index (κ3) is 3.98. The summed E-state index contributed by atoms with van der Waals surface area (Å²) in [4.78, 5) is 21.1. The summed E-state index contributed by atoms with van der Waals surface area (Å²) in [6.45, 7) is 1.20. The molecular formula is C11H12ClNO3. The maximum atomic E-state index is 11.0. The smallest absolute Gasteiger partial charge is 0.211 e. The first-order chi connectivity index (χ1) is 7.49. The number of carbonyl (C=O) groups is 1. The number of hydrogen-bond donors (Lipinski definition) is 0. The van der Waals surface area contributed by atoms with Crippen molar-refractivity contribution in [3.63, 3.8) is 0 Å². The highest BCUT2D eigenvalue weighted by atomic mass is 35.5. The largest absolute Gasteiger partial charge is 0.300 e. The van der Waals surface area contributed by atoms with E-state index in [4.69, 9.17) is 11.6 Å². The molecule has 16 heavy (non-hydrogen) atoms. The van der Waals surface area contributed by atoms with E-state index in [1.54, 1.807) is 24.3 Å². The number of carbonyl (C=O) groups excluding carboxylic acids is 1. The van der Waals surface area contributed by atoms with Gasteiger partial charge in [0.1, 0.15) is 5.78 Å². The monoisotopic (exact) mass is 241 g/mol. The van der Waals surface area contributed by atoms with Crippen molar-refractivity contribution in [1.82, 2.24) is 0 Å². The van der Waals surface area contributed by atoms with Gasteiger partial charge in [-0.05, 0) is 24.6 Å². The lowest BCUT2D eigenvalue weighted by atomic mass is 9.94. The van der Waals surface area contributed by atoms with Gasteiger partial charge in [-0.25, -0.2) is 0 Å². The highest BCUT2D eigenvalue weighted by Gasteiger charge is 2.19. The molecule has 0 saturated heterocycles. The normalized spacial score (nSPS) is 12.1. The van der Waals surface area contributed by atoms with Gasteiger partial charge < -0.3 is 4.79 Å². The number of hydrogen-bond acceptors (Lipinski definition) is 3. The Kier molecular flexibility index (Phi) is 4.43. The zero-order chi connectivity index (χ0) is 12.1. The molecule has 4 nitrogen and oxygen atoms in total. The van der Waals surface area contributed by atoms with E-state index in [2.05, 4.69) is 0 Å². The van der Waals surface area contributed by atoms with E-state index >= 15 is 0 Å². The molecule has 0 unspecified atom stereocenters. The molecule has 0 heterocycles. The second-order valence-electron chi connectivity index (χ2n) is 3.67. The molecule has 0 bridgehead atoms. The number of nitro groups is 1. The molecule has 0 amide bonds. The van der Waals surface area contributed by atoms with Crippen LogP contribution in [0.1, 0.15) is 24.8 Å². The maximum absolute atomic E-state index is 11.0. The molecule has 0 aliphatic rings. The molecule has 86 valence electrons. The molecule has 0 aromatic heterocycles. The van der Waals surface area contributed by atoms with Gasteiger partial charge in [-0.2, -0.15) is 0 Å². The van der Waals surface area contributed by atoms with E-state index in [1.807, 2.05) is 0 Å². The lowest BCUT2D eigenvalue weighted by Crippen LogP contribution is -2.15. The second-order valence-corrected chi connectivity index (χ2v) is 4.11. The molecule has 1 atom stereocenters. The summed E-state index contributed by atoms with van der Waals surface area (Å²) in [5.41, 5.74) is 0.774. The number of ketones is 1. The van der Waals surface area contributed by atoms with Gasteiger partial charge in [0.15, 0.2) is 0 Å². The fraction of sp³-hybridized carbons (Fsp3) is 0.364. The summed E-state index contributed by atoms with van der Waals surface area (Å²) >= 11 is 5.73. The van der Waals surface area contributed by atoms with E-state index in [0.29, 0.717) is 5.02 Å². The summed E-state index contributed by atoms with van der Waals surface area (Å²) in [7, 11) is 0. The van der Waals surface area contributed by atoms with Gasteiger partial charge in [-0.15, -0.1) is 0 Å². The molecule has 0 saturated carbocycles. The lowest BCUT2D eigenvalue weighted by molar-refractivity contribution is -0.483. The van der Waals surface area contributed by atoms with Crippen molar-refractivity contribution in [3.8, 4) is 0 Å². The molecule has 0 aliphatic heterocycles. The van der Waals surface area contributed by atoms with Crippen LogP contribution in [-0.2, 0) is 4.79 Å². The summed E-state index contributed by atoms with van der Waals surface area (Å²) < 4.78 is 0. The Morgan fingerprint density at radius 1 is 1.44 bits per heavy atom. The van der Waals surface area contributed by atoms with Crippen LogP contribution < -0.4 is 0 Å². The Morgan fingerprint density at radius 3 is 2.44 bits per heavy atom. The van der Waals surface area contributed by atoms with Crippen LogP contribution in [0.2, 0.25) is 5.02 Å². The molecule has 0 radical (unpaired) electrons. The Bertz CT molecular complexity index is 373. The molecule has 0 aliphatic carbocycles. The van der Waals surface area contributed by atoms with Crippen molar-refractivity contribution >= 4 is 17.4 Å². The summed E-state index contributed by atoms with van der Waals surface area (Å²) in [5.74, 6) is -0.424. The van der Waals surface area contributed by atoms with Gasteiger partial charge >= 0.3 is 0 Å². The maximum Gasteiger partial charge on any atom is 0.211 e. The number of nitrogens with zero attached hydrogens (tertiary/aromatic N) is 1. The van der Waals surface area contributed by atoms with Crippen LogP contribution in [0.3, 0.4) is 0 Å². The average Bonchev–Trinajstić information content (AvgIpc) is 2.16. The molecule has 1 aromatic carbocycles. The van der Waals surface area contributed by atoms with Gasteiger partial charge in [-0.1, -0.05) is 23.7 Å². The van der Waals surface area contributed by atoms with Crippen LogP contribution in [0, 0.1) is 10.1 Å². The molecule has 1 aromatic rings. The van der Waals surface area contributed by atoms with Gasteiger partial charge in [0.05, 0.1) is 5.92 Å². The summed E-state index contributed by atoms with van der Waals surface area (Å²) in [6, 6.07) is 6.78. The highest BCUT2D eigenvalue weighted by molar-refractivity contribution is 6.30. The zero-order valence-corrected chi connectivity index (χ0v) is 9.61. The minimum absolute atomic E-state index is 0.0539. The summed E-state index contributed by atoms with van der Waals surface area (Å²) in [5, 5.41) is 11.1. The summed E-state index contributed by atoms with van der Waals surface area (Å²) in [6.07, 6.45) is 0.183. The fourth-order valence-electron chi connectivity index (χ4n) is 1.55. The van der Waals surface area contributed by atoms with Gasteiger partial charge in [0, 0.05) is 16.4 Å². The third-order valence-electron chi connectivity index (χ3n) is 2.24. The Balaban J connectivity index is 2.86. The number of benzene rings is 1. The Hall–Kier alpha value is -1.42. The quantitative estimate of drug-likeness (QED) is 0.588. The van der Waals surface area contributed by atoms with E-state index in [-0.39, 0.29) is 24.7 Å². The van der Waals surface area contributed by atoms with Gasteiger partial charge in [0.2, 0.25) is 6.54 Å². The van der Waals surface area contributed by atoms with Crippen molar-refractivity contribution in [2.45, 2.75) is 19.3 Å². The molecule has 5 heteroatoms. The van der Waals surface area contributed by atoms with Gasteiger partial charge in [0.25, 0.3) is 0 Å².